The first-order chi connectivity index (χ1) is 15.4. The largest absolute Gasteiger partial charge is 0.452 e. The van der Waals surface area contributed by atoms with Gasteiger partial charge in [0.2, 0.25) is 0 Å². The molecular formula is C22H18N4O6. The van der Waals surface area contributed by atoms with E-state index in [4.69, 9.17) is 4.74 Å². The number of hydrazine groups is 1. The molecule has 0 heterocycles. The molecule has 10 nitrogen and oxygen atoms in total. The summed E-state index contributed by atoms with van der Waals surface area (Å²) in [5.41, 5.74) is 5.72. The molecule has 0 radical (unpaired) electrons. The summed E-state index contributed by atoms with van der Waals surface area (Å²) in [5, 5.41) is 13.8. The quantitative estimate of drug-likeness (QED) is 0.295. The summed E-state index contributed by atoms with van der Waals surface area (Å²) in [4.78, 5) is 46.4. The predicted molar refractivity (Wildman–Crippen MR) is 115 cm³/mol. The molecule has 2 amide bonds. The molecular weight excluding hydrogens is 416 g/mol. The van der Waals surface area contributed by atoms with E-state index in [2.05, 4.69) is 16.2 Å². The first kappa shape index (κ1) is 22.0. The van der Waals surface area contributed by atoms with Gasteiger partial charge in [0.25, 0.3) is 17.5 Å². The number of hydrogen-bond donors (Lipinski definition) is 3. The molecule has 0 bridgehead atoms. The summed E-state index contributed by atoms with van der Waals surface area (Å²) >= 11 is 0. The minimum atomic E-state index is -0.762. The highest BCUT2D eigenvalue weighted by Gasteiger charge is 2.15. The SMILES string of the molecule is O=C(COC(=O)c1ccccc1Nc1ccccc1)NNC(=O)c1ccc([N+](=O)[O-])cc1. The molecule has 32 heavy (non-hydrogen) atoms. The number of non-ortho nitro benzene ring substituents is 1. The van der Waals surface area contributed by atoms with E-state index in [1.807, 2.05) is 30.3 Å². The second kappa shape index (κ2) is 10.3. The van der Waals surface area contributed by atoms with Gasteiger partial charge in [0.05, 0.1) is 16.2 Å². The van der Waals surface area contributed by atoms with Crippen LogP contribution in [0.1, 0.15) is 20.7 Å². The molecule has 0 aromatic heterocycles. The Labute approximate surface area is 182 Å². The third-order valence-corrected chi connectivity index (χ3v) is 4.19. The second-order valence-electron chi connectivity index (χ2n) is 6.42. The van der Waals surface area contributed by atoms with E-state index >= 15 is 0 Å². The zero-order valence-corrected chi connectivity index (χ0v) is 16.6. The maximum absolute atomic E-state index is 12.4. The molecule has 0 saturated heterocycles. The molecule has 0 aliphatic carbocycles. The number of para-hydroxylation sites is 2. The van der Waals surface area contributed by atoms with Crippen molar-refractivity contribution in [2.24, 2.45) is 0 Å². The number of amides is 2. The molecule has 3 aromatic rings. The molecule has 162 valence electrons. The molecule has 0 atom stereocenters. The Kier molecular flexibility index (Phi) is 7.10. The highest BCUT2D eigenvalue weighted by molar-refractivity contribution is 5.98. The van der Waals surface area contributed by atoms with Crippen LogP contribution in [-0.2, 0) is 9.53 Å². The highest BCUT2D eigenvalue weighted by Crippen LogP contribution is 2.21. The van der Waals surface area contributed by atoms with Gasteiger partial charge in [-0.05, 0) is 36.4 Å². The first-order valence-electron chi connectivity index (χ1n) is 9.36. The number of carbonyl (C=O) groups excluding carboxylic acids is 3. The third kappa shape index (κ3) is 5.89. The number of nitro groups is 1. The van der Waals surface area contributed by atoms with Crippen molar-refractivity contribution in [2.75, 3.05) is 11.9 Å². The standard InChI is InChI=1S/C22H18N4O6/c27-20(24-25-21(28)15-10-12-17(13-11-15)26(30)31)14-32-22(29)18-8-4-5-9-19(18)23-16-6-2-1-3-7-16/h1-13,23H,14H2,(H,24,27)(H,25,28). The Morgan fingerprint density at radius 3 is 2.19 bits per heavy atom. The summed E-state index contributed by atoms with van der Waals surface area (Å²) in [6.07, 6.45) is 0. The van der Waals surface area contributed by atoms with Crippen LogP contribution < -0.4 is 16.2 Å². The number of anilines is 2. The van der Waals surface area contributed by atoms with Gasteiger partial charge in [-0.3, -0.25) is 30.6 Å². The second-order valence-corrected chi connectivity index (χ2v) is 6.42. The van der Waals surface area contributed by atoms with Crippen LogP contribution in [0.4, 0.5) is 17.1 Å². The average molecular weight is 434 g/mol. The number of hydrogen-bond acceptors (Lipinski definition) is 7. The maximum atomic E-state index is 12.4. The van der Waals surface area contributed by atoms with E-state index in [0.29, 0.717) is 5.69 Å². The zero-order valence-electron chi connectivity index (χ0n) is 16.6. The van der Waals surface area contributed by atoms with Gasteiger partial charge < -0.3 is 10.1 Å². The molecule has 0 spiro atoms. The lowest BCUT2D eigenvalue weighted by molar-refractivity contribution is -0.384. The van der Waals surface area contributed by atoms with E-state index in [1.165, 1.54) is 24.3 Å². The van der Waals surface area contributed by atoms with E-state index in [1.54, 1.807) is 24.3 Å². The minimum absolute atomic E-state index is 0.105. The minimum Gasteiger partial charge on any atom is -0.452 e. The van der Waals surface area contributed by atoms with Crippen molar-refractivity contribution >= 4 is 34.8 Å². The Balaban J connectivity index is 1.51. The number of nitrogens with zero attached hydrogens (tertiary/aromatic N) is 1. The fourth-order valence-electron chi connectivity index (χ4n) is 2.63. The number of benzene rings is 3. The van der Waals surface area contributed by atoms with E-state index in [0.717, 1.165) is 5.69 Å². The molecule has 10 heteroatoms. The van der Waals surface area contributed by atoms with E-state index in [9.17, 15) is 24.5 Å². The summed E-state index contributed by atoms with van der Waals surface area (Å²) in [6.45, 7) is -0.626. The molecule has 0 aliphatic rings. The summed E-state index contributed by atoms with van der Waals surface area (Å²) in [7, 11) is 0. The topological polar surface area (TPSA) is 140 Å². The fourth-order valence-corrected chi connectivity index (χ4v) is 2.63. The number of nitrogens with one attached hydrogen (secondary N) is 3. The maximum Gasteiger partial charge on any atom is 0.340 e. The smallest absolute Gasteiger partial charge is 0.340 e. The van der Waals surface area contributed by atoms with Crippen molar-refractivity contribution < 1.29 is 24.0 Å². The molecule has 0 unspecified atom stereocenters. The van der Waals surface area contributed by atoms with Gasteiger partial charge in [0.15, 0.2) is 6.61 Å². The lowest BCUT2D eigenvalue weighted by atomic mass is 10.1. The summed E-state index contributed by atoms with van der Waals surface area (Å²) < 4.78 is 5.03. The molecule has 3 N–H and O–H groups in total. The number of ether oxygens (including phenoxy) is 1. The van der Waals surface area contributed by atoms with Gasteiger partial charge in [-0.1, -0.05) is 30.3 Å². The number of esters is 1. The van der Waals surface area contributed by atoms with E-state index < -0.39 is 29.3 Å². The van der Waals surface area contributed by atoms with Gasteiger partial charge in [0.1, 0.15) is 0 Å². The van der Waals surface area contributed by atoms with Crippen LogP contribution in [0.3, 0.4) is 0 Å². The number of nitro benzene ring substituents is 1. The molecule has 3 aromatic carbocycles. The van der Waals surface area contributed by atoms with Crippen molar-refractivity contribution in [1.29, 1.82) is 0 Å². The normalized spacial score (nSPS) is 10.0. The number of carbonyl (C=O) groups is 3. The van der Waals surface area contributed by atoms with Crippen LogP contribution in [-0.4, -0.2) is 29.3 Å². The predicted octanol–water partition coefficient (Wildman–Crippen LogP) is 2.96. The van der Waals surface area contributed by atoms with Crippen LogP contribution in [0.25, 0.3) is 0 Å². The van der Waals surface area contributed by atoms with Crippen molar-refractivity contribution in [3.05, 3.63) is 100 Å². The monoisotopic (exact) mass is 434 g/mol. The Hall–Kier alpha value is -4.73. The third-order valence-electron chi connectivity index (χ3n) is 4.19. The molecule has 0 saturated carbocycles. The van der Waals surface area contributed by atoms with Crippen LogP contribution in [0.5, 0.6) is 0 Å². The lowest BCUT2D eigenvalue weighted by Crippen LogP contribution is -2.43. The molecule has 0 aliphatic heterocycles. The first-order valence-corrected chi connectivity index (χ1v) is 9.36. The Morgan fingerprint density at radius 2 is 1.50 bits per heavy atom. The van der Waals surface area contributed by atoms with Crippen molar-refractivity contribution in [3.63, 3.8) is 0 Å². The van der Waals surface area contributed by atoms with Crippen LogP contribution in [0.2, 0.25) is 0 Å². The average Bonchev–Trinajstić information content (AvgIpc) is 2.82. The van der Waals surface area contributed by atoms with Gasteiger partial charge in [-0.2, -0.15) is 0 Å². The fraction of sp³-hybridized carbons (Fsp3) is 0.0455. The van der Waals surface area contributed by atoms with E-state index in [-0.39, 0.29) is 16.8 Å². The number of rotatable bonds is 7. The van der Waals surface area contributed by atoms with Gasteiger partial charge >= 0.3 is 5.97 Å². The molecule has 3 rings (SSSR count). The Bertz CT molecular complexity index is 1130. The van der Waals surface area contributed by atoms with Crippen LogP contribution in [0.15, 0.2) is 78.9 Å². The summed E-state index contributed by atoms with van der Waals surface area (Å²) in [5.74, 6) is -2.17. The van der Waals surface area contributed by atoms with Crippen molar-refractivity contribution in [3.8, 4) is 0 Å². The van der Waals surface area contributed by atoms with Gasteiger partial charge in [0, 0.05) is 23.4 Å². The summed E-state index contributed by atoms with van der Waals surface area (Å²) in [6, 6.07) is 20.7. The zero-order chi connectivity index (χ0) is 22.9. The Morgan fingerprint density at radius 1 is 0.844 bits per heavy atom. The van der Waals surface area contributed by atoms with Crippen LogP contribution >= 0.6 is 0 Å². The van der Waals surface area contributed by atoms with Crippen LogP contribution in [0, 0.1) is 10.1 Å². The van der Waals surface area contributed by atoms with Gasteiger partial charge in [-0.15, -0.1) is 0 Å². The van der Waals surface area contributed by atoms with Crippen molar-refractivity contribution in [1.82, 2.24) is 10.9 Å². The highest BCUT2D eigenvalue weighted by atomic mass is 16.6. The molecule has 0 fully saturated rings. The lowest BCUT2D eigenvalue weighted by Gasteiger charge is -2.12. The van der Waals surface area contributed by atoms with Crippen molar-refractivity contribution in [2.45, 2.75) is 0 Å². The van der Waals surface area contributed by atoms with Gasteiger partial charge in [-0.25, -0.2) is 4.79 Å².